The van der Waals surface area contributed by atoms with Crippen LogP contribution in [0.4, 0.5) is 0 Å². The van der Waals surface area contributed by atoms with Gasteiger partial charge >= 0.3 is 0 Å². The van der Waals surface area contributed by atoms with E-state index in [4.69, 9.17) is 32.3 Å². The topological polar surface area (TPSA) is 109 Å². The molecule has 0 amide bonds. The largest absolute Gasteiger partial charge is 0.286 e. The molecule has 38 heavy (non-hydrogen) atoms. The minimum atomic E-state index is -3.67. The van der Waals surface area contributed by atoms with Crippen LogP contribution in [-0.2, 0) is 20.2 Å². The van der Waals surface area contributed by atoms with Crippen LogP contribution in [-0.4, -0.2) is 38.5 Å². The van der Waals surface area contributed by atoms with Crippen molar-refractivity contribution in [3.05, 3.63) is 105 Å². The van der Waals surface area contributed by atoms with Gasteiger partial charge in [0.2, 0.25) is 0 Å². The lowest BCUT2D eigenvalue weighted by Gasteiger charge is -2.24. The van der Waals surface area contributed by atoms with Gasteiger partial charge in [-0.2, -0.15) is 16.8 Å². The first-order chi connectivity index (χ1) is 17.4. The molecule has 3 aromatic carbocycles. The highest BCUT2D eigenvalue weighted by Crippen LogP contribution is 2.36. The van der Waals surface area contributed by atoms with Crippen LogP contribution >= 0.6 is 23.2 Å². The molecule has 0 aliphatic heterocycles. The fraction of sp³-hybridized carbons (Fsp3) is 0.357. The predicted octanol–water partition coefficient (Wildman–Crippen LogP) is 7.82. The fourth-order valence-electron chi connectivity index (χ4n) is 3.79. The first-order valence-electron chi connectivity index (χ1n) is 11.8. The Morgan fingerprint density at radius 1 is 0.474 bits per heavy atom. The molecule has 3 aromatic rings. The summed E-state index contributed by atoms with van der Waals surface area (Å²) < 4.78 is 51.7. The van der Waals surface area contributed by atoms with Gasteiger partial charge in [-0.25, -0.2) is 0 Å². The first-order valence-corrected chi connectivity index (χ1v) is 16.3. The Morgan fingerprint density at radius 2 is 0.605 bits per heavy atom. The average Bonchev–Trinajstić information content (AvgIpc) is 2.81. The number of hydrogen-bond acceptors (Lipinski definition) is 4. The Bertz CT molecular complexity index is 1220. The smallest absolute Gasteiger partial charge is 0.261 e. The maximum Gasteiger partial charge on any atom is 0.261 e. The zero-order valence-corrected chi connectivity index (χ0v) is 25.5. The molecule has 0 spiro atoms. The van der Waals surface area contributed by atoms with Crippen molar-refractivity contribution in [2.75, 3.05) is 12.5 Å². The van der Waals surface area contributed by atoms with Crippen LogP contribution in [0.1, 0.15) is 73.6 Å². The second-order valence-electron chi connectivity index (χ2n) is 9.39. The molecule has 0 saturated heterocycles. The molecule has 4 unspecified atom stereocenters. The van der Waals surface area contributed by atoms with Crippen LogP contribution < -0.4 is 0 Å². The summed E-state index contributed by atoms with van der Waals surface area (Å²) in [5.74, 6) is 1.76. The van der Waals surface area contributed by atoms with E-state index in [-0.39, 0.29) is 0 Å². The van der Waals surface area contributed by atoms with Crippen molar-refractivity contribution in [1.29, 1.82) is 0 Å². The third-order valence-electron chi connectivity index (χ3n) is 6.28. The summed E-state index contributed by atoms with van der Waals surface area (Å²) in [6.07, 6.45) is 1.43. The van der Waals surface area contributed by atoms with E-state index < -0.39 is 20.2 Å². The highest BCUT2D eigenvalue weighted by Gasteiger charge is 2.19. The number of halogens is 2. The van der Waals surface area contributed by atoms with Gasteiger partial charge in [0.1, 0.15) is 0 Å². The summed E-state index contributed by atoms with van der Waals surface area (Å²) in [4.78, 5) is 0. The average molecular weight is 604 g/mol. The van der Waals surface area contributed by atoms with Gasteiger partial charge in [0.05, 0.1) is 12.5 Å². The molecule has 0 heterocycles. The second-order valence-corrected chi connectivity index (χ2v) is 13.2. The Labute approximate surface area is 237 Å². The number of benzene rings is 3. The van der Waals surface area contributed by atoms with Gasteiger partial charge < -0.3 is 0 Å². The van der Waals surface area contributed by atoms with Crippen molar-refractivity contribution >= 4 is 43.4 Å². The van der Waals surface area contributed by atoms with Gasteiger partial charge in [0, 0.05) is 10.0 Å². The van der Waals surface area contributed by atoms with E-state index in [1.165, 1.54) is 22.3 Å². The lowest BCUT2D eigenvalue weighted by Crippen LogP contribution is -2.07. The minimum absolute atomic E-state index is 0.438. The lowest BCUT2D eigenvalue weighted by atomic mass is 9.81. The summed E-state index contributed by atoms with van der Waals surface area (Å²) >= 11 is 12.1. The summed E-state index contributed by atoms with van der Waals surface area (Å²) in [6, 6.07) is 25.6. The molecule has 2 N–H and O–H groups in total. The van der Waals surface area contributed by atoms with E-state index in [2.05, 4.69) is 76.2 Å². The molecular formula is C28H36Cl2O6S2. The van der Waals surface area contributed by atoms with Crippen molar-refractivity contribution in [1.82, 2.24) is 0 Å². The maximum absolute atomic E-state index is 9.19. The quantitative estimate of drug-likeness (QED) is 0.278. The fourth-order valence-corrected chi connectivity index (χ4v) is 4.04. The molecular weight excluding hydrogens is 567 g/mol. The van der Waals surface area contributed by atoms with Crippen LogP contribution in [0.25, 0.3) is 0 Å². The molecule has 0 aliphatic rings. The molecule has 0 aromatic heterocycles. The van der Waals surface area contributed by atoms with Gasteiger partial charge in [-0.15, -0.1) is 0 Å². The van der Waals surface area contributed by atoms with Crippen molar-refractivity contribution in [3.63, 3.8) is 0 Å². The highest BCUT2D eigenvalue weighted by molar-refractivity contribution is 7.85. The first kappa shape index (κ1) is 34.1. The molecule has 0 aliphatic carbocycles. The van der Waals surface area contributed by atoms with Crippen LogP contribution in [0.5, 0.6) is 0 Å². The Morgan fingerprint density at radius 3 is 0.763 bits per heavy atom. The number of hydrogen-bond donors (Lipinski definition) is 2. The molecule has 6 nitrogen and oxygen atoms in total. The summed E-state index contributed by atoms with van der Waals surface area (Å²) in [5.41, 5.74) is 5.39. The van der Waals surface area contributed by atoms with Gasteiger partial charge in [-0.3, -0.25) is 9.11 Å². The van der Waals surface area contributed by atoms with Gasteiger partial charge in [0.25, 0.3) is 20.2 Å². The van der Waals surface area contributed by atoms with E-state index in [0.29, 0.717) is 36.2 Å². The maximum atomic E-state index is 9.19. The van der Waals surface area contributed by atoms with Crippen molar-refractivity contribution < 1.29 is 25.9 Å². The Hall–Kier alpha value is -1.94. The Balaban J connectivity index is 0.000000616. The molecule has 210 valence electrons. The predicted molar refractivity (Wildman–Crippen MR) is 158 cm³/mol. The zero-order chi connectivity index (χ0) is 29.3. The van der Waals surface area contributed by atoms with E-state index >= 15 is 0 Å². The van der Waals surface area contributed by atoms with Crippen molar-refractivity contribution in [3.8, 4) is 0 Å². The lowest BCUT2D eigenvalue weighted by molar-refractivity contribution is 0.488. The van der Waals surface area contributed by atoms with Gasteiger partial charge in [-0.1, -0.05) is 99.4 Å². The second kappa shape index (κ2) is 15.0. The number of rotatable bonds is 6. The minimum Gasteiger partial charge on any atom is -0.286 e. The molecule has 0 saturated carbocycles. The molecule has 10 heteroatoms. The standard InChI is InChI=1S/C26H28Cl2.2CH4O3S/c1-17(19(3)23-9-13-25(27)14-10-23)21-5-7-22(8-6-21)18(2)20(4)24-11-15-26(28)16-12-24;2*1-5(2,3)4/h5-20H,1-4H3;2*1H3,(H,2,3,4). The van der Waals surface area contributed by atoms with E-state index in [1.54, 1.807) is 0 Å². The van der Waals surface area contributed by atoms with Crippen LogP contribution in [0, 0.1) is 0 Å². The van der Waals surface area contributed by atoms with E-state index in [9.17, 15) is 16.8 Å². The van der Waals surface area contributed by atoms with Crippen LogP contribution in [0.15, 0.2) is 72.8 Å². The Kier molecular flexibility index (Phi) is 13.5. The SMILES string of the molecule is CC(c1ccc(Cl)cc1)C(C)c1ccc(C(C)C(C)c2ccc(Cl)cc2)cc1.CS(=O)(=O)O.CS(=O)(=O)O. The third-order valence-corrected chi connectivity index (χ3v) is 6.78. The van der Waals surface area contributed by atoms with E-state index in [1.807, 2.05) is 24.3 Å². The van der Waals surface area contributed by atoms with Gasteiger partial charge in [0.15, 0.2) is 0 Å². The van der Waals surface area contributed by atoms with Crippen LogP contribution in [0.3, 0.4) is 0 Å². The normalized spacial score (nSPS) is 14.6. The molecule has 0 radical (unpaired) electrons. The summed E-state index contributed by atoms with van der Waals surface area (Å²) in [5, 5.41) is 1.58. The third kappa shape index (κ3) is 13.7. The van der Waals surface area contributed by atoms with Crippen LogP contribution in [0.2, 0.25) is 10.0 Å². The summed E-state index contributed by atoms with van der Waals surface area (Å²) in [6.45, 7) is 9.17. The monoisotopic (exact) mass is 602 g/mol. The highest BCUT2D eigenvalue weighted by atomic mass is 35.5. The molecule has 0 fully saturated rings. The summed E-state index contributed by atoms with van der Waals surface area (Å²) in [7, 11) is -7.33. The van der Waals surface area contributed by atoms with Crippen molar-refractivity contribution in [2.45, 2.75) is 51.4 Å². The molecule has 0 bridgehead atoms. The zero-order valence-electron chi connectivity index (χ0n) is 22.3. The molecule has 3 rings (SSSR count). The van der Waals surface area contributed by atoms with Crippen molar-refractivity contribution in [2.24, 2.45) is 0 Å². The van der Waals surface area contributed by atoms with Gasteiger partial charge in [-0.05, 0) is 70.2 Å². The molecule has 4 atom stereocenters. The van der Waals surface area contributed by atoms with E-state index in [0.717, 1.165) is 10.0 Å².